The Morgan fingerprint density at radius 1 is 0.680 bits per heavy atom. The molecule has 0 amide bonds. The SMILES string of the molecule is COc1ccc(Br)c2c1CCCC2.COc1cccc2c1CCCC2. The zero-order chi connectivity index (χ0) is 17.6. The topological polar surface area (TPSA) is 18.5 Å². The van der Waals surface area contributed by atoms with Gasteiger partial charge in [-0.2, -0.15) is 0 Å². The highest BCUT2D eigenvalue weighted by atomic mass is 79.9. The predicted molar refractivity (Wildman–Crippen MR) is 107 cm³/mol. The number of fused-ring (bicyclic) bond motifs is 2. The fourth-order valence-electron chi connectivity index (χ4n) is 3.92. The number of aryl methyl sites for hydroxylation is 1. The third-order valence-electron chi connectivity index (χ3n) is 5.23. The first-order valence-electron chi connectivity index (χ1n) is 9.23. The second-order valence-corrected chi connectivity index (χ2v) is 7.57. The number of methoxy groups -OCH3 is 2. The van der Waals surface area contributed by atoms with Gasteiger partial charge in [-0.3, -0.25) is 0 Å². The number of benzene rings is 2. The summed E-state index contributed by atoms with van der Waals surface area (Å²) in [5, 5.41) is 0. The first-order chi connectivity index (χ1) is 12.2. The molecule has 134 valence electrons. The van der Waals surface area contributed by atoms with Crippen molar-refractivity contribution in [2.45, 2.75) is 51.4 Å². The molecule has 0 atom stereocenters. The molecule has 2 aliphatic carbocycles. The van der Waals surface area contributed by atoms with Gasteiger partial charge in [-0.15, -0.1) is 0 Å². The quantitative estimate of drug-likeness (QED) is 0.621. The van der Waals surface area contributed by atoms with Crippen molar-refractivity contribution >= 4 is 15.9 Å². The Morgan fingerprint density at radius 2 is 1.28 bits per heavy atom. The highest BCUT2D eigenvalue weighted by molar-refractivity contribution is 9.10. The van der Waals surface area contributed by atoms with Gasteiger partial charge in [-0.05, 0) is 91.8 Å². The molecule has 0 radical (unpaired) electrons. The first-order valence-corrected chi connectivity index (χ1v) is 10.0. The van der Waals surface area contributed by atoms with Crippen LogP contribution < -0.4 is 9.47 Å². The highest BCUT2D eigenvalue weighted by Crippen LogP contribution is 2.34. The van der Waals surface area contributed by atoms with E-state index in [1.54, 1.807) is 14.2 Å². The molecule has 3 heteroatoms. The Labute approximate surface area is 159 Å². The molecule has 2 aliphatic rings. The van der Waals surface area contributed by atoms with Crippen LogP contribution in [0.25, 0.3) is 0 Å². The molecule has 2 aromatic rings. The van der Waals surface area contributed by atoms with E-state index in [0.717, 1.165) is 17.9 Å². The van der Waals surface area contributed by atoms with Crippen LogP contribution in [0.1, 0.15) is 47.9 Å². The summed E-state index contributed by atoms with van der Waals surface area (Å²) >= 11 is 3.59. The van der Waals surface area contributed by atoms with Crippen LogP contribution in [0, 0.1) is 0 Å². The van der Waals surface area contributed by atoms with Crippen LogP contribution in [-0.2, 0) is 25.7 Å². The minimum absolute atomic E-state index is 1.05. The average molecular weight is 403 g/mol. The van der Waals surface area contributed by atoms with Crippen LogP contribution in [0.5, 0.6) is 11.5 Å². The van der Waals surface area contributed by atoms with E-state index in [1.807, 2.05) is 6.07 Å². The van der Waals surface area contributed by atoms with Crippen molar-refractivity contribution in [3.63, 3.8) is 0 Å². The Hall–Kier alpha value is -1.48. The molecule has 0 fully saturated rings. The molecule has 2 aromatic carbocycles. The number of hydrogen-bond acceptors (Lipinski definition) is 2. The maximum atomic E-state index is 5.35. The Morgan fingerprint density at radius 3 is 2.00 bits per heavy atom. The number of ether oxygens (including phenoxy) is 2. The lowest BCUT2D eigenvalue weighted by molar-refractivity contribution is 0.406. The summed E-state index contributed by atoms with van der Waals surface area (Å²) in [7, 11) is 3.50. The zero-order valence-electron chi connectivity index (χ0n) is 15.2. The molecule has 0 saturated carbocycles. The van der Waals surface area contributed by atoms with Crippen molar-refractivity contribution in [2.24, 2.45) is 0 Å². The minimum atomic E-state index is 1.05. The molecular formula is C22H27BrO2. The molecule has 25 heavy (non-hydrogen) atoms. The predicted octanol–water partition coefficient (Wildman–Crippen LogP) is 5.91. The second kappa shape index (κ2) is 8.75. The van der Waals surface area contributed by atoms with E-state index in [0.29, 0.717) is 0 Å². The van der Waals surface area contributed by atoms with Gasteiger partial charge in [0.15, 0.2) is 0 Å². The molecule has 0 unspecified atom stereocenters. The highest BCUT2D eigenvalue weighted by Gasteiger charge is 2.16. The molecule has 0 bridgehead atoms. The molecule has 0 aromatic heterocycles. The van der Waals surface area contributed by atoms with Crippen LogP contribution in [0.2, 0.25) is 0 Å². The molecule has 2 nitrogen and oxygen atoms in total. The van der Waals surface area contributed by atoms with Crippen molar-refractivity contribution in [2.75, 3.05) is 14.2 Å². The first kappa shape index (κ1) is 18.3. The zero-order valence-corrected chi connectivity index (χ0v) is 16.8. The Balaban J connectivity index is 0.000000146. The normalized spacial score (nSPS) is 15.3. The molecule has 0 heterocycles. The van der Waals surface area contributed by atoms with Crippen LogP contribution in [0.3, 0.4) is 0 Å². The van der Waals surface area contributed by atoms with Gasteiger partial charge >= 0.3 is 0 Å². The molecule has 4 rings (SSSR count). The summed E-state index contributed by atoms with van der Waals surface area (Å²) < 4.78 is 11.9. The van der Waals surface area contributed by atoms with E-state index in [1.165, 1.54) is 71.7 Å². The molecule has 0 aliphatic heterocycles. The van der Waals surface area contributed by atoms with E-state index in [4.69, 9.17) is 9.47 Å². The van der Waals surface area contributed by atoms with Gasteiger partial charge in [-0.25, -0.2) is 0 Å². The van der Waals surface area contributed by atoms with Gasteiger partial charge in [0.25, 0.3) is 0 Å². The van der Waals surface area contributed by atoms with Crippen molar-refractivity contribution in [1.82, 2.24) is 0 Å². The van der Waals surface area contributed by atoms with E-state index < -0.39 is 0 Å². The van der Waals surface area contributed by atoms with Crippen LogP contribution >= 0.6 is 15.9 Å². The summed E-state index contributed by atoms with van der Waals surface area (Å²) in [6, 6.07) is 10.5. The van der Waals surface area contributed by atoms with Crippen molar-refractivity contribution in [3.05, 3.63) is 57.1 Å². The maximum absolute atomic E-state index is 5.35. The summed E-state index contributed by atoms with van der Waals surface area (Å²) in [5.41, 5.74) is 5.78. The molecule has 0 saturated heterocycles. The summed E-state index contributed by atoms with van der Waals surface area (Å²) in [5.74, 6) is 2.13. The van der Waals surface area contributed by atoms with Gasteiger partial charge in [0.1, 0.15) is 11.5 Å². The van der Waals surface area contributed by atoms with E-state index in [9.17, 15) is 0 Å². The van der Waals surface area contributed by atoms with Gasteiger partial charge in [0.05, 0.1) is 14.2 Å². The fraction of sp³-hybridized carbons (Fsp3) is 0.455. The fourth-order valence-corrected chi connectivity index (χ4v) is 4.49. The van der Waals surface area contributed by atoms with Gasteiger partial charge in [0.2, 0.25) is 0 Å². The molecule has 0 N–H and O–H groups in total. The Bertz CT molecular complexity index is 710. The number of hydrogen-bond donors (Lipinski definition) is 0. The molecule has 0 spiro atoms. The average Bonchev–Trinajstić information content (AvgIpc) is 2.68. The van der Waals surface area contributed by atoms with Crippen LogP contribution in [0.4, 0.5) is 0 Å². The second-order valence-electron chi connectivity index (χ2n) is 6.72. The van der Waals surface area contributed by atoms with Gasteiger partial charge < -0.3 is 9.47 Å². The Kier molecular flexibility index (Phi) is 6.41. The number of halogens is 1. The monoisotopic (exact) mass is 402 g/mol. The van der Waals surface area contributed by atoms with Crippen molar-refractivity contribution < 1.29 is 9.47 Å². The summed E-state index contributed by atoms with van der Waals surface area (Å²) in [6.07, 6.45) is 10.0. The van der Waals surface area contributed by atoms with Crippen molar-refractivity contribution in [1.29, 1.82) is 0 Å². The van der Waals surface area contributed by atoms with Crippen LogP contribution in [0.15, 0.2) is 34.8 Å². The smallest absolute Gasteiger partial charge is 0.122 e. The van der Waals surface area contributed by atoms with E-state index in [-0.39, 0.29) is 0 Å². The number of rotatable bonds is 2. The molecular weight excluding hydrogens is 376 g/mol. The van der Waals surface area contributed by atoms with Gasteiger partial charge in [0, 0.05) is 4.47 Å². The minimum Gasteiger partial charge on any atom is -0.496 e. The lowest BCUT2D eigenvalue weighted by Crippen LogP contribution is -2.05. The standard InChI is InChI=1S/C11H13BrO.C11H14O/c1-13-11-7-6-10(12)8-4-2-3-5-9(8)11;1-12-11-8-4-6-9-5-2-3-7-10(9)11/h6-7H,2-5H2,1H3;4,6,8H,2-3,5,7H2,1H3. The lowest BCUT2D eigenvalue weighted by Gasteiger charge is -2.19. The third kappa shape index (κ3) is 4.20. The summed E-state index contributed by atoms with van der Waals surface area (Å²) in [6.45, 7) is 0. The lowest BCUT2D eigenvalue weighted by atomic mass is 9.91. The van der Waals surface area contributed by atoms with Crippen LogP contribution in [-0.4, -0.2) is 14.2 Å². The van der Waals surface area contributed by atoms with Crippen molar-refractivity contribution in [3.8, 4) is 11.5 Å². The largest absolute Gasteiger partial charge is 0.496 e. The maximum Gasteiger partial charge on any atom is 0.122 e. The summed E-state index contributed by atoms with van der Waals surface area (Å²) in [4.78, 5) is 0. The van der Waals surface area contributed by atoms with E-state index >= 15 is 0 Å². The van der Waals surface area contributed by atoms with E-state index in [2.05, 4.69) is 40.2 Å². The van der Waals surface area contributed by atoms with Gasteiger partial charge in [-0.1, -0.05) is 28.1 Å². The third-order valence-corrected chi connectivity index (χ3v) is 5.97.